The molecule has 0 aliphatic carbocycles. The highest BCUT2D eigenvalue weighted by atomic mass is 35.5. The van der Waals surface area contributed by atoms with Gasteiger partial charge in [0.1, 0.15) is 0 Å². The molecule has 0 heterocycles. The topological polar surface area (TPSA) is 20.2 Å². The first-order chi connectivity index (χ1) is 5.41. The first-order valence-electron chi connectivity index (χ1n) is 3.90. The van der Waals surface area contributed by atoms with Crippen LogP contribution in [0.3, 0.4) is 0 Å². The highest BCUT2D eigenvalue weighted by Crippen LogP contribution is 2.16. The molecule has 54 valence electrons. The van der Waals surface area contributed by atoms with Gasteiger partial charge in [-0.25, -0.2) is 0 Å². The van der Waals surface area contributed by atoms with E-state index >= 15 is 0 Å². The van der Waals surface area contributed by atoms with Crippen LogP contribution in [-0.4, -0.2) is 5.11 Å². The number of halogens is 1. The molecule has 0 bridgehead atoms. The summed E-state index contributed by atoms with van der Waals surface area (Å²) in [5.41, 5.74) is 0.983. The van der Waals surface area contributed by atoms with Gasteiger partial charge in [-0.3, -0.25) is 0 Å². The van der Waals surface area contributed by atoms with Gasteiger partial charge in [0, 0.05) is 5.02 Å². The van der Waals surface area contributed by atoms with Crippen molar-refractivity contribution < 1.29 is 7.85 Å². The Morgan fingerprint density at radius 3 is 2.90 bits per heavy atom. The van der Waals surface area contributed by atoms with Gasteiger partial charge in [-0.05, 0) is 18.6 Å². The van der Waals surface area contributed by atoms with E-state index in [4.69, 9.17) is 19.4 Å². The molecular formula is C8H9ClO. The minimum absolute atomic E-state index is 0.115. The van der Waals surface area contributed by atoms with E-state index in [1.54, 1.807) is 12.1 Å². The zero-order chi connectivity index (χ0) is 9.35. The molecule has 0 amide bonds. The Labute approximate surface area is 68.1 Å². The van der Waals surface area contributed by atoms with E-state index in [2.05, 4.69) is 0 Å². The van der Waals surface area contributed by atoms with Gasteiger partial charge in [-0.15, -0.1) is 0 Å². The lowest BCUT2D eigenvalue weighted by Gasteiger charge is -1.99. The van der Waals surface area contributed by atoms with Gasteiger partial charge in [-0.1, -0.05) is 29.3 Å². The summed E-state index contributed by atoms with van der Waals surface area (Å²) in [5.74, 6) is 0. The van der Waals surface area contributed by atoms with Crippen LogP contribution in [-0.2, 0) is 6.56 Å². The fourth-order valence-corrected chi connectivity index (χ4v) is 0.885. The molecule has 10 heavy (non-hydrogen) atoms. The largest absolute Gasteiger partial charge is 0.392 e. The molecule has 0 aromatic heterocycles. The van der Waals surface area contributed by atoms with Gasteiger partial charge in [0.2, 0.25) is 0 Å². The molecule has 0 fully saturated rings. The van der Waals surface area contributed by atoms with E-state index in [9.17, 15) is 0 Å². The summed E-state index contributed by atoms with van der Waals surface area (Å²) in [4.78, 5) is 0. The van der Waals surface area contributed by atoms with Crippen molar-refractivity contribution in [1.82, 2.24) is 0 Å². The van der Waals surface area contributed by atoms with Gasteiger partial charge in [0.05, 0.1) is 9.30 Å². The maximum Gasteiger partial charge on any atom is 0.0696 e. The number of hydrogen-bond donors (Lipinski definition) is 1. The maximum atomic E-state index is 9.04. The normalized spacial score (nSPS) is 14.3. The Bertz CT molecular complexity index is 294. The number of aliphatic hydroxyl groups is 1. The average molecular weight is 159 g/mol. The molecule has 1 aromatic rings. The number of rotatable bonds is 1. The third-order valence-electron chi connectivity index (χ3n) is 1.24. The summed E-state index contributed by atoms with van der Waals surface area (Å²) in [7, 11) is 0. The molecule has 0 atom stereocenters. The summed E-state index contributed by atoms with van der Waals surface area (Å²) >= 11 is 5.68. The van der Waals surface area contributed by atoms with Gasteiger partial charge in [0.15, 0.2) is 0 Å². The van der Waals surface area contributed by atoms with E-state index in [0.29, 0.717) is 0 Å². The first kappa shape index (κ1) is 5.16. The van der Waals surface area contributed by atoms with Crippen LogP contribution in [0.2, 0.25) is 5.02 Å². The van der Waals surface area contributed by atoms with Crippen LogP contribution >= 0.6 is 11.6 Å². The zero-order valence-corrected chi connectivity index (χ0v) is 6.31. The molecular weight excluding hydrogens is 148 g/mol. The molecule has 0 radical (unpaired) electrons. The zero-order valence-electron chi connectivity index (χ0n) is 7.56. The predicted molar refractivity (Wildman–Crippen MR) is 42.1 cm³/mol. The van der Waals surface area contributed by atoms with Crippen molar-refractivity contribution in [2.45, 2.75) is 13.5 Å². The van der Waals surface area contributed by atoms with Crippen LogP contribution in [0, 0.1) is 6.92 Å². The van der Waals surface area contributed by atoms with Crippen molar-refractivity contribution in [2.75, 3.05) is 0 Å². The monoisotopic (exact) mass is 158 g/mol. The van der Waals surface area contributed by atoms with Gasteiger partial charge < -0.3 is 5.11 Å². The summed E-state index contributed by atoms with van der Waals surface area (Å²) in [6, 6.07) is 4.86. The Balaban J connectivity index is 3.23. The van der Waals surface area contributed by atoms with E-state index < -0.39 is 6.56 Å². The van der Waals surface area contributed by atoms with Crippen molar-refractivity contribution in [3.8, 4) is 0 Å². The Morgan fingerprint density at radius 1 is 1.70 bits per heavy atom. The second kappa shape index (κ2) is 3.04. The summed E-state index contributed by atoms with van der Waals surface area (Å²) < 4.78 is 14.1. The first-order valence-corrected chi connectivity index (χ1v) is 3.28. The highest BCUT2D eigenvalue weighted by Gasteiger charge is 1.96. The van der Waals surface area contributed by atoms with Crippen molar-refractivity contribution >= 4 is 11.6 Å². The summed E-state index contributed by atoms with van der Waals surface area (Å²) in [6.45, 7) is -0.547. The fraction of sp³-hybridized carbons (Fsp3) is 0.250. The lowest BCUT2D eigenvalue weighted by Crippen LogP contribution is -1.84. The highest BCUT2D eigenvalue weighted by molar-refractivity contribution is 6.31. The van der Waals surface area contributed by atoms with E-state index in [-0.39, 0.29) is 10.6 Å². The lowest BCUT2D eigenvalue weighted by molar-refractivity contribution is 0.282. The Hall–Kier alpha value is -0.530. The molecule has 0 aliphatic rings. The molecule has 0 aliphatic heterocycles. The SMILES string of the molecule is [2H]C([2H])(O)c1cc(C)ccc1Cl. The minimum Gasteiger partial charge on any atom is -0.392 e. The van der Waals surface area contributed by atoms with Crippen LogP contribution in [0.25, 0.3) is 0 Å². The minimum atomic E-state index is -2.36. The molecule has 1 aromatic carbocycles. The van der Waals surface area contributed by atoms with Crippen molar-refractivity contribution in [1.29, 1.82) is 0 Å². The fourth-order valence-electron chi connectivity index (χ4n) is 0.725. The number of benzene rings is 1. The van der Waals surface area contributed by atoms with Crippen LogP contribution in [0.1, 0.15) is 13.9 Å². The molecule has 0 spiro atoms. The van der Waals surface area contributed by atoms with E-state index in [1.165, 1.54) is 6.07 Å². The average Bonchev–Trinajstić information content (AvgIpc) is 1.92. The standard InChI is InChI=1S/C8H9ClO/c1-6-2-3-8(9)7(4-6)5-10/h2-4,10H,5H2,1H3/i5D2. The smallest absolute Gasteiger partial charge is 0.0696 e. The summed E-state index contributed by atoms with van der Waals surface area (Å²) in [5, 5.41) is 9.29. The predicted octanol–water partition coefficient (Wildman–Crippen LogP) is 2.14. The summed E-state index contributed by atoms with van der Waals surface area (Å²) in [6.07, 6.45) is 0. The maximum absolute atomic E-state index is 9.04. The second-order valence-electron chi connectivity index (χ2n) is 2.10. The van der Waals surface area contributed by atoms with Crippen LogP contribution < -0.4 is 0 Å². The van der Waals surface area contributed by atoms with E-state index in [1.807, 2.05) is 6.92 Å². The Morgan fingerprint density at radius 2 is 2.40 bits per heavy atom. The molecule has 1 rings (SSSR count). The van der Waals surface area contributed by atoms with Gasteiger partial charge >= 0.3 is 0 Å². The van der Waals surface area contributed by atoms with Crippen molar-refractivity contribution in [2.24, 2.45) is 0 Å². The van der Waals surface area contributed by atoms with Gasteiger partial charge in [0.25, 0.3) is 0 Å². The second-order valence-corrected chi connectivity index (χ2v) is 2.50. The number of aryl methyl sites for hydroxylation is 1. The van der Waals surface area contributed by atoms with Crippen molar-refractivity contribution in [3.05, 3.63) is 34.3 Å². The molecule has 1 N–H and O–H groups in total. The Kier molecular flexibility index (Phi) is 1.57. The van der Waals surface area contributed by atoms with Crippen LogP contribution in [0.5, 0.6) is 0 Å². The molecule has 0 saturated carbocycles. The third kappa shape index (κ3) is 1.49. The quantitative estimate of drug-likeness (QED) is 0.664. The van der Waals surface area contributed by atoms with Gasteiger partial charge in [-0.2, -0.15) is 0 Å². The third-order valence-corrected chi connectivity index (χ3v) is 1.57. The molecule has 2 heteroatoms. The lowest BCUT2D eigenvalue weighted by atomic mass is 10.1. The van der Waals surface area contributed by atoms with Crippen molar-refractivity contribution in [3.63, 3.8) is 0 Å². The van der Waals surface area contributed by atoms with Crippen LogP contribution in [0.15, 0.2) is 18.2 Å². The van der Waals surface area contributed by atoms with Crippen LogP contribution in [0.4, 0.5) is 0 Å². The van der Waals surface area contributed by atoms with E-state index in [0.717, 1.165) is 5.56 Å². The molecule has 0 saturated heterocycles. The molecule has 0 unspecified atom stereocenters. The number of hydrogen-bond acceptors (Lipinski definition) is 1. The molecule has 1 nitrogen and oxygen atoms in total.